The van der Waals surface area contributed by atoms with Crippen molar-refractivity contribution in [1.82, 2.24) is 0 Å². The number of rotatable bonds is 0. The van der Waals surface area contributed by atoms with Crippen molar-refractivity contribution >= 4 is 0 Å². The summed E-state index contributed by atoms with van der Waals surface area (Å²) >= 11 is 0. The van der Waals surface area contributed by atoms with Crippen LogP contribution in [0.2, 0.25) is 0 Å². The minimum absolute atomic E-state index is 0. The predicted octanol–water partition coefficient (Wildman–Crippen LogP) is 0.928. The molecule has 1 radical (unpaired) electrons. The van der Waals surface area contributed by atoms with Gasteiger partial charge in [0, 0.05) is 20.4 Å². The summed E-state index contributed by atoms with van der Waals surface area (Å²) in [4.78, 5) is 0. The summed E-state index contributed by atoms with van der Waals surface area (Å²) < 4.78 is 0. The Morgan fingerprint density at radius 3 is 1.33 bits per heavy atom. The molecule has 0 aliphatic carbocycles. The number of hydrogen-bond donors (Lipinski definition) is 1. The Kier molecular flexibility index (Phi) is 25.7. The van der Waals surface area contributed by atoms with Crippen molar-refractivity contribution in [2.24, 2.45) is 0 Å². The fourth-order valence-corrected chi connectivity index (χ4v) is 0. The van der Waals surface area contributed by atoms with Crippen LogP contribution >= 0.6 is 0 Å². The minimum atomic E-state index is 0. The monoisotopic (exact) mass is 513 g/mol. The van der Waals surface area contributed by atoms with Crippen LogP contribution in [-0.2, 0) is 20.4 Å². The molecule has 1 N–H and O–H groups in total. The summed E-state index contributed by atoms with van der Waals surface area (Å²) in [6, 6.07) is 0. The molecule has 0 aromatic carbocycles. The molecule has 0 saturated heterocycles. The molecule has 0 heterocycles. The van der Waals surface area contributed by atoms with Crippen molar-refractivity contribution in [2.75, 3.05) is 0 Å². The topological polar surface area (TPSA) is 20.2 Å². The summed E-state index contributed by atoms with van der Waals surface area (Å²) in [6.07, 6.45) is 0.417. The third-order valence-electron chi connectivity index (χ3n) is 0. The molecular formula is C3H7OReRf-. The quantitative estimate of drug-likeness (QED) is 0.480. The number of aliphatic hydroxyl groups excluding tert-OH is 1. The first-order valence-electron chi connectivity index (χ1n) is 1.22. The van der Waals surface area contributed by atoms with Crippen LogP contribution in [0.4, 0.5) is 0 Å². The normalized spacial score (nSPS) is 6.00. The van der Waals surface area contributed by atoms with Crippen LogP contribution in [0.25, 0.3) is 0 Å². The maximum atomic E-state index is 7.97. The van der Waals surface area contributed by atoms with Crippen molar-refractivity contribution in [2.45, 2.75) is 13.8 Å². The van der Waals surface area contributed by atoms with Gasteiger partial charge in [-0.1, -0.05) is 0 Å². The Hall–Kier alpha value is -0.378. The zero-order chi connectivity index (χ0) is 3.58. The Morgan fingerprint density at radius 1 is 1.33 bits per heavy atom. The zero-order valence-electron chi connectivity index (χ0n) is 4.03. The second kappa shape index (κ2) is 8.82. The first kappa shape index (κ1) is 17.5. The van der Waals surface area contributed by atoms with E-state index in [9.17, 15) is 0 Å². The van der Waals surface area contributed by atoms with Crippen molar-refractivity contribution in [3.05, 3.63) is 6.10 Å². The second-order valence-corrected chi connectivity index (χ2v) is 0.947. The van der Waals surface area contributed by atoms with E-state index in [4.69, 9.17) is 5.11 Å². The molecule has 0 aromatic rings. The van der Waals surface area contributed by atoms with Crippen LogP contribution < -0.4 is 0 Å². The van der Waals surface area contributed by atoms with Gasteiger partial charge in [0.15, 0.2) is 0 Å². The van der Waals surface area contributed by atoms with Gasteiger partial charge in [-0.05, 0) is 0 Å². The SMILES string of the molecule is C[C-](C)O.[Re].[Rf]. The molecule has 0 amide bonds. The summed E-state index contributed by atoms with van der Waals surface area (Å²) in [6.45, 7) is 3.28. The molecule has 0 aliphatic rings. The van der Waals surface area contributed by atoms with Gasteiger partial charge in [-0.15, -0.1) is 0 Å². The smallest absolute Gasteiger partial charge is 0 e. The average molecular weight is 512 g/mol. The van der Waals surface area contributed by atoms with Gasteiger partial charge in [0.05, 0.1) is 0 Å². The molecule has 0 rings (SSSR count). The van der Waals surface area contributed by atoms with E-state index in [1.54, 1.807) is 13.8 Å². The molecule has 1 nitrogen and oxygen atoms in total. The average Bonchev–Trinajstić information content (AvgIpc) is 0.811. The van der Waals surface area contributed by atoms with Crippen LogP contribution in [0.3, 0.4) is 0 Å². The molecule has 0 bridgehead atoms. The van der Waals surface area contributed by atoms with E-state index in [-0.39, 0.29) is 20.4 Å². The van der Waals surface area contributed by atoms with Crippen molar-refractivity contribution in [3.63, 3.8) is 0 Å². The number of hydrogen-bond acceptors (Lipinski definition) is 1. The molecule has 0 saturated carbocycles. The molecule has 6 heavy (non-hydrogen) atoms. The Labute approximate surface area is 46.0 Å². The summed E-state index contributed by atoms with van der Waals surface area (Å²) in [5.74, 6) is 0. The molecule has 0 spiro atoms. The van der Waals surface area contributed by atoms with Gasteiger partial charge in [-0.3, -0.25) is 0 Å². The number of aliphatic hydroxyl groups is 1. The largest absolute Gasteiger partial charge is 0.563 e. The van der Waals surface area contributed by atoms with Crippen LogP contribution in [0.15, 0.2) is 0 Å². The minimum Gasteiger partial charge on any atom is -0.563 e. The van der Waals surface area contributed by atoms with E-state index in [2.05, 4.69) is 0 Å². The van der Waals surface area contributed by atoms with Gasteiger partial charge in [0.1, 0.15) is 0 Å². The van der Waals surface area contributed by atoms with E-state index in [0.29, 0.717) is 6.10 Å². The van der Waals surface area contributed by atoms with E-state index < -0.39 is 0 Å². The Balaban J connectivity index is -0.0000000450. The Bertz CT molecular complexity index is 15.5. The predicted molar refractivity (Wildman–Crippen MR) is 16.5 cm³/mol. The van der Waals surface area contributed by atoms with E-state index in [1.165, 1.54) is 0 Å². The van der Waals surface area contributed by atoms with Crippen LogP contribution in [0, 0.1) is 6.10 Å². The zero-order valence-corrected chi connectivity index (χ0v) is 13.1. The first-order chi connectivity index (χ1) is 1.73. The Morgan fingerprint density at radius 2 is 1.33 bits per heavy atom. The van der Waals surface area contributed by atoms with Crippen LogP contribution in [-0.4, -0.2) is 5.11 Å². The first-order valence-corrected chi connectivity index (χ1v) is 1.22. The summed E-state index contributed by atoms with van der Waals surface area (Å²) in [5, 5.41) is 7.97. The molecule has 0 aromatic heterocycles. The van der Waals surface area contributed by atoms with Gasteiger partial charge >= 0.3 is 0 Å². The van der Waals surface area contributed by atoms with Crippen LogP contribution in [0.1, 0.15) is 13.8 Å². The fourth-order valence-electron chi connectivity index (χ4n) is 0. The molecule has 0 fully saturated rings. The third kappa shape index (κ3) is 175. The summed E-state index contributed by atoms with van der Waals surface area (Å²) in [5.41, 5.74) is 0. The van der Waals surface area contributed by atoms with Gasteiger partial charge in [-0.25, -0.2) is 6.10 Å². The van der Waals surface area contributed by atoms with Gasteiger partial charge in [0.2, 0.25) is 0 Å². The van der Waals surface area contributed by atoms with Gasteiger partial charge < -0.3 is 5.11 Å². The van der Waals surface area contributed by atoms with E-state index in [1.807, 2.05) is 0 Å². The fraction of sp³-hybridized carbons (Fsp3) is 0.667. The molecule has 0 unspecified atom stereocenters. The molecule has 0 atom stereocenters. The second-order valence-electron chi connectivity index (χ2n) is 0.947. The molecule has 0 aliphatic heterocycles. The molecule has 3 heteroatoms. The van der Waals surface area contributed by atoms with Crippen molar-refractivity contribution < 1.29 is 25.5 Å². The van der Waals surface area contributed by atoms with Gasteiger partial charge in [0.25, 0.3) is 0 Å². The van der Waals surface area contributed by atoms with E-state index >= 15 is 0 Å². The molecular weight excluding hydrogens is 505 g/mol. The van der Waals surface area contributed by atoms with Crippen molar-refractivity contribution in [1.29, 1.82) is 0 Å². The standard InChI is InChI=1S/C3H7O.Re.Rf/c1-3(2)4;;/h4H,1-2H3;;/q-1;;. The maximum Gasteiger partial charge on any atom is 0 e. The summed E-state index contributed by atoms with van der Waals surface area (Å²) in [7, 11) is 0. The maximum absolute atomic E-state index is 7.97. The van der Waals surface area contributed by atoms with Crippen molar-refractivity contribution in [3.8, 4) is 0 Å². The third-order valence-corrected chi connectivity index (χ3v) is 0. The molecule has 35 valence electrons. The van der Waals surface area contributed by atoms with E-state index in [0.717, 1.165) is 0 Å². The van der Waals surface area contributed by atoms with Gasteiger partial charge in [-0.2, -0.15) is 13.8 Å². The van der Waals surface area contributed by atoms with Crippen LogP contribution in [0.5, 0.6) is 0 Å².